The molecule has 1 spiro atoms. The fourth-order valence-corrected chi connectivity index (χ4v) is 10.0. The number of halogens is 1. The van der Waals surface area contributed by atoms with Crippen LogP contribution in [0.2, 0.25) is 0 Å². The van der Waals surface area contributed by atoms with Crippen LogP contribution in [0.4, 0.5) is 5.69 Å². The van der Waals surface area contributed by atoms with Crippen molar-refractivity contribution in [2.45, 2.75) is 69.3 Å². The van der Waals surface area contributed by atoms with E-state index in [1.54, 1.807) is 12.1 Å². The number of phenolic OH excluding ortho intramolecular Hbond substituents is 1. The molecule has 5 aliphatic rings. The van der Waals surface area contributed by atoms with Crippen LogP contribution in [-0.2, 0) is 14.3 Å². The molecule has 1 amide bonds. The van der Waals surface area contributed by atoms with Gasteiger partial charge in [0.1, 0.15) is 22.8 Å². The first-order chi connectivity index (χ1) is 19.8. The molecule has 2 saturated heterocycles. The van der Waals surface area contributed by atoms with E-state index >= 15 is 0 Å². The number of carbonyl (C=O) groups excluding carboxylic acids is 3. The van der Waals surface area contributed by atoms with Gasteiger partial charge in [0.05, 0.1) is 11.7 Å². The van der Waals surface area contributed by atoms with Crippen molar-refractivity contribution in [2.75, 3.05) is 5.32 Å². The molecule has 2 aliphatic heterocycles. The summed E-state index contributed by atoms with van der Waals surface area (Å²) in [5.41, 5.74) is -1.71. The van der Waals surface area contributed by atoms with Gasteiger partial charge in [0.25, 0.3) is 0 Å². The molecule has 5 fully saturated rings. The monoisotopic (exact) mass is 657 g/mol. The minimum atomic E-state index is -1.40. The first kappa shape index (κ1) is 29.2. The molecule has 2 aromatic rings. The van der Waals surface area contributed by atoms with E-state index in [1.165, 1.54) is 11.8 Å². The highest BCUT2D eigenvalue weighted by molar-refractivity contribution is 9.10. The average Bonchev–Trinajstić information content (AvgIpc) is 3.30. The fraction of sp³-hybridized carbons (Fsp3) is 0.484. The van der Waals surface area contributed by atoms with Gasteiger partial charge in [-0.25, -0.2) is 4.79 Å². The highest BCUT2D eigenvalue weighted by Crippen LogP contribution is 2.74. The van der Waals surface area contributed by atoms with Gasteiger partial charge in [-0.05, 0) is 80.3 Å². The summed E-state index contributed by atoms with van der Waals surface area (Å²) in [4.78, 5) is 51.8. The van der Waals surface area contributed by atoms with Gasteiger partial charge in [-0.2, -0.15) is 0 Å². The number of hydrogen-bond donors (Lipinski definition) is 4. The summed E-state index contributed by atoms with van der Waals surface area (Å²) in [7, 11) is 0. The Morgan fingerprint density at radius 1 is 1.12 bits per heavy atom. The van der Waals surface area contributed by atoms with E-state index in [-0.39, 0.29) is 64.1 Å². The lowest BCUT2D eigenvalue weighted by Gasteiger charge is -2.60. The van der Waals surface area contributed by atoms with E-state index in [9.17, 15) is 34.5 Å². The molecule has 0 aromatic heterocycles. The molecule has 222 valence electrons. The summed E-state index contributed by atoms with van der Waals surface area (Å²) in [6.45, 7) is 4.05. The molecular formula is C31H32BrNO8S. The molecule has 7 atom stereocenters. The lowest BCUT2D eigenvalue weighted by atomic mass is 9.48. The van der Waals surface area contributed by atoms with E-state index in [0.717, 1.165) is 35.9 Å². The van der Waals surface area contributed by atoms with Gasteiger partial charge in [0.2, 0.25) is 11.0 Å². The minimum absolute atomic E-state index is 0.00634. The van der Waals surface area contributed by atoms with Crippen LogP contribution < -0.4 is 5.32 Å². The third-order valence-corrected chi connectivity index (χ3v) is 12.2. The van der Waals surface area contributed by atoms with E-state index in [1.807, 2.05) is 19.1 Å². The number of ketones is 1. The number of ether oxygens (including phenoxy) is 1. The number of Topliss-reactive ketones (excluding diaryl/α,β-unsaturated/α-hetero) is 1. The average molecular weight is 659 g/mol. The number of hydrogen-bond acceptors (Lipinski definition) is 8. The summed E-state index contributed by atoms with van der Waals surface area (Å²) >= 11 is 4.67. The Bertz CT molecular complexity index is 1510. The van der Waals surface area contributed by atoms with Crippen LogP contribution in [0.3, 0.4) is 0 Å². The molecular weight excluding hydrogens is 626 g/mol. The second kappa shape index (κ2) is 10.1. The molecule has 3 saturated carbocycles. The molecule has 2 heterocycles. The number of carboxylic acid groups (broad SMARTS) is 1. The molecule has 4 bridgehead atoms. The number of benzene rings is 2. The summed E-state index contributed by atoms with van der Waals surface area (Å²) in [5, 5.41) is 32.0. The fourth-order valence-electron chi connectivity index (χ4n) is 8.46. The van der Waals surface area contributed by atoms with Gasteiger partial charge >= 0.3 is 5.97 Å². The molecule has 2 aromatic carbocycles. The van der Waals surface area contributed by atoms with E-state index in [0.29, 0.717) is 11.5 Å². The van der Waals surface area contributed by atoms with E-state index in [4.69, 9.17) is 4.74 Å². The maximum Gasteiger partial charge on any atom is 0.339 e. The van der Waals surface area contributed by atoms with Crippen molar-refractivity contribution < 1.29 is 39.2 Å². The van der Waals surface area contributed by atoms with Gasteiger partial charge in [-0.15, -0.1) is 0 Å². The number of carboxylic acids is 1. The predicted molar refractivity (Wildman–Crippen MR) is 159 cm³/mol. The zero-order chi connectivity index (χ0) is 30.2. The maximum absolute atomic E-state index is 14.0. The Morgan fingerprint density at radius 3 is 2.50 bits per heavy atom. The number of thioether (sulfide) groups is 1. The molecule has 42 heavy (non-hydrogen) atoms. The predicted octanol–water partition coefficient (Wildman–Crippen LogP) is 5.77. The van der Waals surface area contributed by atoms with Crippen molar-refractivity contribution in [3.63, 3.8) is 0 Å². The second-order valence-electron chi connectivity index (χ2n) is 12.6. The second-order valence-corrected chi connectivity index (χ2v) is 14.7. The smallest absolute Gasteiger partial charge is 0.339 e. The van der Waals surface area contributed by atoms with Gasteiger partial charge in [0.15, 0.2) is 5.75 Å². The van der Waals surface area contributed by atoms with Crippen LogP contribution in [0.1, 0.15) is 73.1 Å². The van der Waals surface area contributed by atoms with Crippen LogP contribution in [0.25, 0.3) is 0 Å². The normalized spacial score (nSPS) is 34.3. The molecule has 11 heteroatoms. The molecule has 3 aliphatic carbocycles. The van der Waals surface area contributed by atoms with Crippen molar-refractivity contribution >= 4 is 56.2 Å². The van der Waals surface area contributed by atoms with Crippen LogP contribution in [0, 0.1) is 22.7 Å². The number of aromatic hydroxyl groups is 2. The van der Waals surface area contributed by atoms with Gasteiger partial charge in [-0.3, -0.25) is 14.4 Å². The van der Waals surface area contributed by atoms with E-state index in [2.05, 4.69) is 28.2 Å². The largest absolute Gasteiger partial charge is 0.506 e. The number of carbonyl (C=O) groups is 4. The Hall–Kier alpha value is -2.89. The number of anilines is 1. The molecule has 0 unspecified atom stereocenters. The topological polar surface area (TPSA) is 150 Å². The van der Waals surface area contributed by atoms with Crippen molar-refractivity contribution in [2.24, 2.45) is 22.7 Å². The Balaban J connectivity index is 1.25. The molecule has 4 N–H and O–H groups in total. The number of aromatic carboxylic acids is 1. The summed E-state index contributed by atoms with van der Waals surface area (Å²) in [5.74, 6) is -2.99. The lowest BCUT2D eigenvalue weighted by molar-refractivity contribution is -0.189. The first-order valence-corrected chi connectivity index (χ1v) is 15.7. The Kier molecular flexibility index (Phi) is 7.02. The van der Waals surface area contributed by atoms with Crippen LogP contribution in [-0.4, -0.2) is 55.0 Å². The van der Waals surface area contributed by atoms with Crippen molar-refractivity contribution in [1.82, 2.24) is 0 Å². The highest BCUT2D eigenvalue weighted by Gasteiger charge is 2.75. The van der Waals surface area contributed by atoms with Crippen molar-refractivity contribution in [1.29, 1.82) is 0 Å². The lowest BCUT2D eigenvalue weighted by Crippen LogP contribution is -2.63. The highest BCUT2D eigenvalue weighted by atomic mass is 79.9. The van der Waals surface area contributed by atoms with Crippen LogP contribution >= 0.6 is 27.7 Å². The zero-order valence-electron chi connectivity index (χ0n) is 23.2. The van der Waals surface area contributed by atoms with Crippen LogP contribution in [0.5, 0.6) is 11.5 Å². The van der Waals surface area contributed by atoms with Crippen molar-refractivity contribution in [3.05, 3.63) is 52.0 Å². The van der Waals surface area contributed by atoms with Crippen molar-refractivity contribution in [3.8, 4) is 11.5 Å². The van der Waals surface area contributed by atoms with Gasteiger partial charge in [-0.1, -0.05) is 34.6 Å². The van der Waals surface area contributed by atoms with Gasteiger partial charge < -0.3 is 25.4 Å². The Labute approximate surface area is 255 Å². The third kappa shape index (κ3) is 4.46. The maximum atomic E-state index is 14.0. The summed E-state index contributed by atoms with van der Waals surface area (Å²) < 4.78 is 7.47. The quantitative estimate of drug-likeness (QED) is 0.272. The summed E-state index contributed by atoms with van der Waals surface area (Å²) in [6, 6.07) is 9.36. The first-order valence-electron chi connectivity index (χ1n) is 14.0. The molecule has 0 radical (unpaired) electrons. The molecule has 7 rings (SSSR count). The third-order valence-electron chi connectivity index (χ3n) is 10.3. The number of nitrogens with one attached hydrogen (secondary N) is 1. The number of phenols is 2. The number of rotatable bonds is 7. The Morgan fingerprint density at radius 2 is 1.83 bits per heavy atom. The standard InChI is InChI=1S/C31H32BrNO8S/c1-29(10-9-23(36)33-24-19(34)8-7-18(25(24)37)27(38)39)21(35)12-22(42-28(40)15-3-5-17(32)6-4-15)31-13-16-11-20(26(29)31)41-30(16,2)14-31/h3-8,16,20,22,26,34,37H,9-14H2,1-2H3,(H,33,36)(H,38,39)/t16-,20-,22-,26-,29+,30-,31-/m0/s1. The SMILES string of the molecule is C[C@]12C[C@]34C[C@@H]1C[C@H](O2)[C@H]3[C@](C)(CCC(=O)Nc1c(O)ccc(C(=O)O)c1O)C(=O)C[C@@H]4SC(=O)c1ccc(Br)cc1. The number of amides is 1. The van der Waals surface area contributed by atoms with Gasteiger partial charge in [0, 0.05) is 39.5 Å². The van der Waals surface area contributed by atoms with Crippen LogP contribution in [0.15, 0.2) is 40.9 Å². The van der Waals surface area contributed by atoms with E-state index < -0.39 is 34.4 Å². The molecule has 9 nitrogen and oxygen atoms in total. The minimum Gasteiger partial charge on any atom is -0.506 e. The zero-order valence-corrected chi connectivity index (χ0v) is 25.6. The summed E-state index contributed by atoms with van der Waals surface area (Å²) in [6.07, 6.45) is 2.67.